The Labute approximate surface area is 120 Å². The lowest BCUT2D eigenvalue weighted by Crippen LogP contribution is -2.51. The topological polar surface area (TPSA) is 52.6 Å². The highest BCUT2D eigenvalue weighted by Gasteiger charge is 2.33. The first-order chi connectivity index (χ1) is 9.54. The minimum absolute atomic E-state index is 0.0653. The number of nitrogens with zero attached hydrogens (tertiary/aromatic N) is 1. The molecule has 0 spiro atoms. The van der Waals surface area contributed by atoms with E-state index in [0.29, 0.717) is 32.5 Å². The number of hydrogen-bond donors (Lipinski definition) is 2. The molecule has 1 heterocycles. The Balaban J connectivity index is 1.93. The van der Waals surface area contributed by atoms with Crippen molar-refractivity contribution >= 4 is 5.91 Å². The summed E-state index contributed by atoms with van der Waals surface area (Å²) >= 11 is 0. The fourth-order valence-corrected chi connectivity index (χ4v) is 2.54. The van der Waals surface area contributed by atoms with E-state index in [1.807, 2.05) is 43.0 Å². The molecule has 0 aliphatic carbocycles. The molecule has 0 unspecified atom stereocenters. The summed E-state index contributed by atoms with van der Waals surface area (Å²) in [4.78, 5) is 14.2. The van der Waals surface area contributed by atoms with E-state index in [-0.39, 0.29) is 5.91 Å². The Kier molecular flexibility index (Phi) is 4.78. The lowest BCUT2D eigenvalue weighted by Gasteiger charge is -2.38. The molecule has 1 aromatic carbocycles. The number of likely N-dealkylation sites (tertiary alicyclic amines) is 1. The molecule has 0 saturated carbocycles. The number of nitrogens with one attached hydrogen (secondary N) is 1. The molecule has 0 radical (unpaired) electrons. The van der Waals surface area contributed by atoms with Gasteiger partial charge in [-0.3, -0.25) is 4.79 Å². The van der Waals surface area contributed by atoms with Crippen molar-refractivity contribution in [2.75, 3.05) is 26.2 Å². The number of aliphatic hydroxyl groups is 1. The van der Waals surface area contributed by atoms with Crippen LogP contribution < -0.4 is 5.32 Å². The summed E-state index contributed by atoms with van der Waals surface area (Å²) in [5.74, 6) is 0.0653. The molecule has 0 bridgehead atoms. The number of likely N-dealkylation sites (N-methyl/N-ethyl adjacent to an activating group) is 1. The van der Waals surface area contributed by atoms with Crippen molar-refractivity contribution in [3.8, 4) is 0 Å². The van der Waals surface area contributed by atoms with Gasteiger partial charge in [0.2, 0.25) is 0 Å². The van der Waals surface area contributed by atoms with Gasteiger partial charge in [-0.2, -0.15) is 0 Å². The van der Waals surface area contributed by atoms with Crippen LogP contribution in [0.1, 0.15) is 35.7 Å². The molecule has 1 amide bonds. The van der Waals surface area contributed by atoms with Gasteiger partial charge in [0.05, 0.1) is 5.60 Å². The standard InChI is InChI=1S/C16H24N2O2/c1-3-17-12-16(20)8-10-18(11-9-16)15(19)14-6-4-13(2)5-7-14/h4-7,17,20H,3,8-12H2,1-2H3. The van der Waals surface area contributed by atoms with Crippen molar-refractivity contribution in [1.82, 2.24) is 10.2 Å². The first-order valence-corrected chi connectivity index (χ1v) is 7.33. The van der Waals surface area contributed by atoms with E-state index in [1.54, 1.807) is 0 Å². The van der Waals surface area contributed by atoms with Gasteiger partial charge in [-0.25, -0.2) is 0 Å². The molecular weight excluding hydrogens is 252 g/mol. The van der Waals surface area contributed by atoms with Crippen LogP contribution >= 0.6 is 0 Å². The van der Waals surface area contributed by atoms with E-state index in [4.69, 9.17) is 0 Å². The molecule has 110 valence electrons. The van der Waals surface area contributed by atoms with Crippen LogP contribution in [0.2, 0.25) is 0 Å². The third-order valence-corrected chi connectivity index (χ3v) is 3.98. The zero-order chi connectivity index (χ0) is 14.6. The predicted octanol–water partition coefficient (Wildman–Crippen LogP) is 1.57. The van der Waals surface area contributed by atoms with Gasteiger partial charge in [0.15, 0.2) is 0 Å². The second-order valence-electron chi connectivity index (χ2n) is 5.66. The molecule has 4 heteroatoms. The third-order valence-electron chi connectivity index (χ3n) is 3.98. The minimum Gasteiger partial charge on any atom is -0.388 e. The average Bonchev–Trinajstić information content (AvgIpc) is 2.46. The van der Waals surface area contributed by atoms with Crippen LogP contribution in [0, 0.1) is 6.92 Å². The zero-order valence-electron chi connectivity index (χ0n) is 12.4. The van der Waals surface area contributed by atoms with E-state index in [1.165, 1.54) is 0 Å². The maximum Gasteiger partial charge on any atom is 0.253 e. The molecule has 0 atom stereocenters. The van der Waals surface area contributed by atoms with Crippen LogP contribution in [0.15, 0.2) is 24.3 Å². The van der Waals surface area contributed by atoms with Gasteiger partial charge in [-0.1, -0.05) is 24.6 Å². The summed E-state index contributed by atoms with van der Waals surface area (Å²) in [6, 6.07) is 7.66. The first-order valence-electron chi connectivity index (χ1n) is 7.33. The van der Waals surface area contributed by atoms with Crippen molar-refractivity contribution < 1.29 is 9.90 Å². The predicted molar refractivity (Wildman–Crippen MR) is 79.8 cm³/mol. The maximum atomic E-state index is 12.4. The molecular formula is C16H24N2O2. The lowest BCUT2D eigenvalue weighted by molar-refractivity contribution is -0.0152. The number of amides is 1. The Morgan fingerprint density at radius 3 is 2.45 bits per heavy atom. The summed E-state index contributed by atoms with van der Waals surface area (Å²) in [6.07, 6.45) is 1.27. The van der Waals surface area contributed by atoms with Crippen molar-refractivity contribution in [2.45, 2.75) is 32.3 Å². The highest BCUT2D eigenvalue weighted by atomic mass is 16.3. The number of hydrogen-bond acceptors (Lipinski definition) is 3. The van der Waals surface area contributed by atoms with E-state index < -0.39 is 5.60 Å². The smallest absolute Gasteiger partial charge is 0.253 e. The molecule has 1 aliphatic heterocycles. The summed E-state index contributed by atoms with van der Waals surface area (Å²) in [5.41, 5.74) is 1.22. The van der Waals surface area contributed by atoms with Crippen molar-refractivity contribution in [1.29, 1.82) is 0 Å². The van der Waals surface area contributed by atoms with Crippen LogP contribution in [-0.4, -0.2) is 47.7 Å². The second kappa shape index (κ2) is 6.37. The molecule has 1 saturated heterocycles. The second-order valence-corrected chi connectivity index (χ2v) is 5.66. The first kappa shape index (κ1) is 15.0. The highest BCUT2D eigenvalue weighted by Crippen LogP contribution is 2.22. The molecule has 1 fully saturated rings. The number of carbonyl (C=O) groups is 1. The number of carbonyl (C=O) groups excluding carboxylic acids is 1. The number of rotatable bonds is 4. The summed E-state index contributed by atoms with van der Waals surface area (Å²) in [6.45, 7) is 6.74. The average molecular weight is 276 g/mol. The van der Waals surface area contributed by atoms with Gasteiger partial charge < -0.3 is 15.3 Å². The molecule has 1 aromatic rings. The van der Waals surface area contributed by atoms with Crippen LogP contribution in [0.3, 0.4) is 0 Å². The number of benzene rings is 1. The van der Waals surface area contributed by atoms with E-state index >= 15 is 0 Å². The Morgan fingerprint density at radius 1 is 1.30 bits per heavy atom. The van der Waals surface area contributed by atoms with Gasteiger partial charge in [-0.05, 0) is 38.4 Å². The molecule has 20 heavy (non-hydrogen) atoms. The third kappa shape index (κ3) is 3.58. The fourth-order valence-electron chi connectivity index (χ4n) is 2.54. The van der Waals surface area contributed by atoms with Gasteiger partial charge in [0.1, 0.15) is 0 Å². The van der Waals surface area contributed by atoms with Crippen molar-refractivity contribution in [2.24, 2.45) is 0 Å². The van der Waals surface area contributed by atoms with Crippen molar-refractivity contribution in [3.63, 3.8) is 0 Å². The Morgan fingerprint density at radius 2 is 1.90 bits per heavy atom. The molecule has 1 aliphatic rings. The van der Waals surface area contributed by atoms with Crippen LogP contribution in [0.5, 0.6) is 0 Å². The lowest BCUT2D eigenvalue weighted by atomic mass is 9.91. The van der Waals surface area contributed by atoms with Crippen LogP contribution in [0.4, 0.5) is 0 Å². The molecule has 0 aromatic heterocycles. The normalized spacial score (nSPS) is 18.1. The molecule has 4 nitrogen and oxygen atoms in total. The Hall–Kier alpha value is -1.39. The van der Waals surface area contributed by atoms with Gasteiger partial charge in [0, 0.05) is 25.2 Å². The summed E-state index contributed by atoms with van der Waals surface area (Å²) in [5, 5.41) is 13.6. The van der Waals surface area contributed by atoms with E-state index in [2.05, 4.69) is 5.32 Å². The fraction of sp³-hybridized carbons (Fsp3) is 0.562. The highest BCUT2D eigenvalue weighted by molar-refractivity contribution is 5.94. The van der Waals surface area contributed by atoms with Gasteiger partial charge in [-0.15, -0.1) is 0 Å². The maximum absolute atomic E-state index is 12.4. The Bertz CT molecular complexity index is 448. The monoisotopic (exact) mass is 276 g/mol. The summed E-state index contributed by atoms with van der Waals surface area (Å²) in [7, 11) is 0. The van der Waals surface area contributed by atoms with Gasteiger partial charge >= 0.3 is 0 Å². The number of piperidine rings is 1. The largest absolute Gasteiger partial charge is 0.388 e. The zero-order valence-corrected chi connectivity index (χ0v) is 12.4. The van der Waals surface area contributed by atoms with E-state index in [9.17, 15) is 9.90 Å². The molecule has 2 rings (SSSR count). The SMILES string of the molecule is CCNCC1(O)CCN(C(=O)c2ccc(C)cc2)CC1. The summed E-state index contributed by atoms with van der Waals surface area (Å²) < 4.78 is 0. The van der Waals surface area contributed by atoms with E-state index in [0.717, 1.165) is 17.7 Å². The minimum atomic E-state index is -0.667. The molecule has 2 N–H and O–H groups in total. The number of aryl methyl sites for hydroxylation is 1. The van der Waals surface area contributed by atoms with Gasteiger partial charge in [0.25, 0.3) is 5.91 Å². The van der Waals surface area contributed by atoms with Crippen molar-refractivity contribution in [3.05, 3.63) is 35.4 Å². The van der Waals surface area contributed by atoms with Crippen LogP contribution in [0.25, 0.3) is 0 Å². The quantitative estimate of drug-likeness (QED) is 0.878. The van der Waals surface area contributed by atoms with Crippen LogP contribution in [-0.2, 0) is 0 Å².